The molecule has 0 atom stereocenters. The molecule has 0 saturated carbocycles. The number of benzene rings is 1. The van der Waals surface area contributed by atoms with E-state index in [9.17, 15) is 9.59 Å². The van der Waals surface area contributed by atoms with Crippen LogP contribution in [0.2, 0.25) is 0 Å². The highest BCUT2D eigenvalue weighted by Crippen LogP contribution is 2.18. The van der Waals surface area contributed by atoms with E-state index in [0.29, 0.717) is 35.2 Å². The van der Waals surface area contributed by atoms with Crippen LogP contribution >= 0.6 is 12.2 Å². The average molecular weight is 387 g/mol. The molecule has 8 heteroatoms. The molecule has 3 rings (SSSR count). The third kappa shape index (κ3) is 4.65. The predicted octanol–water partition coefficient (Wildman–Crippen LogP) is 2.66. The first-order chi connectivity index (χ1) is 13.1. The molecule has 1 aromatic heterocycles. The molecular formula is C19H21N3O4S. The number of nitrogens with one attached hydrogen (secondary N) is 2. The molecule has 0 bridgehead atoms. The number of ether oxygens (including phenoxy) is 1. The number of anilines is 1. The maximum absolute atomic E-state index is 12.1. The van der Waals surface area contributed by atoms with Crippen molar-refractivity contribution in [2.45, 2.75) is 18.9 Å². The summed E-state index contributed by atoms with van der Waals surface area (Å²) in [6.07, 6.45) is 3.02. The Labute approximate surface area is 162 Å². The van der Waals surface area contributed by atoms with Crippen molar-refractivity contribution >= 4 is 34.9 Å². The quantitative estimate of drug-likeness (QED) is 0.616. The number of furan rings is 1. The summed E-state index contributed by atoms with van der Waals surface area (Å²) in [6, 6.07) is 10.5. The Morgan fingerprint density at radius 3 is 2.59 bits per heavy atom. The molecule has 0 aliphatic carbocycles. The van der Waals surface area contributed by atoms with Crippen LogP contribution in [-0.4, -0.2) is 48.1 Å². The summed E-state index contributed by atoms with van der Waals surface area (Å²) in [5.74, 6) is -0.305. The molecule has 1 amide bonds. The highest BCUT2D eigenvalue weighted by Gasteiger charge is 2.24. The molecule has 27 heavy (non-hydrogen) atoms. The maximum Gasteiger partial charge on any atom is 0.339 e. The largest absolute Gasteiger partial charge is 0.465 e. The monoisotopic (exact) mass is 387 g/mol. The zero-order valence-electron chi connectivity index (χ0n) is 14.9. The molecule has 1 saturated heterocycles. The molecule has 2 aromatic rings. The number of methoxy groups -OCH3 is 1. The Hall–Kier alpha value is -2.87. The number of rotatable bonds is 4. The van der Waals surface area contributed by atoms with Gasteiger partial charge in [0.25, 0.3) is 5.91 Å². The van der Waals surface area contributed by atoms with E-state index in [1.165, 1.54) is 13.4 Å². The zero-order valence-corrected chi connectivity index (χ0v) is 15.8. The van der Waals surface area contributed by atoms with Crippen molar-refractivity contribution in [3.63, 3.8) is 0 Å². The number of carbonyl (C=O) groups excluding carboxylic acids is 2. The Bertz CT molecular complexity index is 814. The van der Waals surface area contributed by atoms with Gasteiger partial charge in [0.05, 0.1) is 24.6 Å². The van der Waals surface area contributed by atoms with Crippen LogP contribution in [0.4, 0.5) is 5.69 Å². The van der Waals surface area contributed by atoms with Crippen LogP contribution < -0.4 is 10.6 Å². The van der Waals surface area contributed by atoms with E-state index in [4.69, 9.17) is 21.4 Å². The van der Waals surface area contributed by atoms with E-state index in [1.807, 2.05) is 11.0 Å². The Balaban J connectivity index is 1.53. The van der Waals surface area contributed by atoms with Crippen LogP contribution in [0, 0.1) is 0 Å². The summed E-state index contributed by atoms with van der Waals surface area (Å²) < 4.78 is 9.91. The van der Waals surface area contributed by atoms with E-state index >= 15 is 0 Å². The van der Waals surface area contributed by atoms with Crippen LogP contribution in [0.1, 0.15) is 33.8 Å². The summed E-state index contributed by atoms with van der Waals surface area (Å²) in [4.78, 5) is 26.0. The lowest BCUT2D eigenvalue weighted by molar-refractivity contribution is 0.0601. The van der Waals surface area contributed by atoms with Crippen molar-refractivity contribution in [3.05, 3.63) is 54.0 Å². The van der Waals surface area contributed by atoms with Crippen LogP contribution in [0.5, 0.6) is 0 Å². The number of carbonyl (C=O) groups is 2. The zero-order chi connectivity index (χ0) is 19.2. The highest BCUT2D eigenvalue weighted by molar-refractivity contribution is 7.80. The van der Waals surface area contributed by atoms with Crippen molar-refractivity contribution in [1.82, 2.24) is 10.2 Å². The van der Waals surface area contributed by atoms with Crippen LogP contribution in [0.15, 0.2) is 47.1 Å². The van der Waals surface area contributed by atoms with Gasteiger partial charge in [-0.25, -0.2) is 4.79 Å². The van der Waals surface area contributed by atoms with Gasteiger partial charge in [0.15, 0.2) is 10.9 Å². The fraction of sp³-hybridized carbons (Fsp3) is 0.316. The summed E-state index contributed by atoms with van der Waals surface area (Å²) in [7, 11) is 1.35. The minimum atomic E-state index is -0.416. The number of amides is 1. The third-order valence-corrected chi connectivity index (χ3v) is 4.80. The van der Waals surface area contributed by atoms with Crippen molar-refractivity contribution in [2.75, 3.05) is 25.5 Å². The molecule has 7 nitrogen and oxygen atoms in total. The van der Waals surface area contributed by atoms with Gasteiger partial charge in [0, 0.05) is 19.1 Å². The second-order valence-electron chi connectivity index (χ2n) is 6.18. The minimum absolute atomic E-state index is 0.0732. The number of thiocarbonyl (C=S) groups is 1. The van der Waals surface area contributed by atoms with Gasteiger partial charge < -0.3 is 24.7 Å². The van der Waals surface area contributed by atoms with Crippen molar-refractivity contribution in [1.29, 1.82) is 0 Å². The predicted molar refractivity (Wildman–Crippen MR) is 105 cm³/mol. The second kappa shape index (κ2) is 8.68. The lowest BCUT2D eigenvalue weighted by atomic mass is 10.1. The van der Waals surface area contributed by atoms with Gasteiger partial charge in [0.1, 0.15) is 0 Å². The van der Waals surface area contributed by atoms with Gasteiger partial charge in [-0.05, 0) is 49.3 Å². The maximum atomic E-state index is 12.1. The van der Waals surface area contributed by atoms with Crippen molar-refractivity contribution in [3.8, 4) is 0 Å². The summed E-state index contributed by atoms with van der Waals surface area (Å²) in [5, 5.41) is 6.65. The number of nitrogens with zero attached hydrogens (tertiary/aromatic N) is 1. The smallest absolute Gasteiger partial charge is 0.339 e. The van der Waals surface area contributed by atoms with Gasteiger partial charge in [-0.1, -0.05) is 12.1 Å². The summed E-state index contributed by atoms with van der Waals surface area (Å²) >= 11 is 5.49. The molecule has 1 fully saturated rings. The van der Waals surface area contributed by atoms with Gasteiger partial charge in [-0.3, -0.25) is 4.79 Å². The molecule has 0 spiro atoms. The number of piperidine rings is 1. The molecule has 0 radical (unpaired) electrons. The molecule has 1 aromatic carbocycles. The summed E-state index contributed by atoms with van der Waals surface area (Å²) in [6.45, 7) is 1.41. The van der Waals surface area contributed by atoms with Crippen molar-refractivity contribution in [2.24, 2.45) is 0 Å². The topological polar surface area (TPSA) is 83.8 Å². The first-order valence-corrected chi connectivity index (χ1v) is 9.07. The molecule has 1 aliphatic rings. The molecule has 1 aliphatic heterocycles. The second-order valence-corrected chi connectivity index (χ2v) is 6.57. The molecule has 0 unspecified atom stereocenters. The number of esters is 1. The average Bonchev–Trinajstić information content (AvgIpc) is 3.23. The minimum Gasteiger partial charge on any atom is -0.465 e. The molecule has 142 valence electrons. The number of para-hydroxylation sites is 1. The van der Waals surface area contributed by atoms with Crippen LogP contribution in [0.25, 0.3) is 0 Å². The van der Waals surface area contributed by atoms with E-state index in [1.54, 1.807) is 30.3 Å². The third-order valence-electron chi connectivity index (χ3n) is 4.44. The Morgan fingerprint density at radius 2 is 1.93 bits per heavy atom. The van der Waals surface area contributed by atoms with E-state index in [-0.39, 0.29) is 11.9 Å². The van der Waals surface area contributed by atoms with Gasteiger partial charge in [-0.15, -0.1) is 0 Å². The highest BCUT2D eigenvalue weighted by atomic mass is 32.1. The number of hydrogen-bond donors (Lipinski definition) is 2. The standard InChI is InChI=1S/C19H21N3O4S/c1-25-18(24)14-5-2-3-6-15(14)21-19(27)22-10-8-13(9-11-22)20-17(23)16-7-4-12-26-16/h2-7,12-13H,8-11H2,1H3,(H,20,23)(H,21,27). The molecule has 2 heterocycles. The van der Waals surface area contributed by atoms with E-state index in [2.05, 4.69) is 10.6 Å². The summed E-state index contributed by atoms with van der Waals surface area (Å²) in [5.41, 5.74) is 1.05. The lowest BCUT2D eigenvalue weighted by Crippen LogP contribution is -2.47. The first kappa shape index (κ1) is 18.9. The fourth-order valence-electron chi connectivity index (χ4n) is 2.97. The van der Waals surface area contributed by atoms with Crippen LogP contribution in [-0.2, 0) is 4.74 Å². The first-order valence-electron chi connectivity index (χ1n) is 8.66. The molecular weight excluding hydrogens is 366 g/mol. The van der Waals surface area contributed by atoms with E-state index < -0.39 is 5.97 Å². The lowest BCUT2D eigenvalue weighted by Gasteiger charge is -2.34. The SMILES string of the molecule is COC(=O)c1ccccc1NC(=S)N1CCC(NC(=O)c2ccco2)CC1. The Kier molecular flexibility index (Phi) is 6.08. The fourth-order valence-corrected chi connectivity index (χ4v) is 3.26. The van der Waals surface area contributed by atoms with Gasteiger partial charge in [-0.2, -0.15) is 0 Å². The number of likely N-dealkylation sites (tertiary alicyclic amines) is 1. The van der Waals surface area contributed by atoms with Crippen LogP contribution in [0.3, 0.4) is 0 Å². The normalized spacial score (nSPS) is 14.5. The Morgan fingerprint density at radius 1 is 1.19 bits per heavy atom. The van der Waals surface area contributed by atoms with Crippen molar-refractivity contribution < 1.29 is 18.7 Å². The van der Waals surface area contributed by atoms with Gasteiger partial charge in [0.2, 0.25) is 0 Å². The van der Waals surface area contributed by atoms with E-state index in [0.717, 1.165) is 12.8 Å². The molecule has 2 N–H and O–H groups in total. The van der Waals surface area contributed by atoms with Gasteiger partial charge >= 0.3 is 5.97 Å². The number of hydrogen-bond acceptors (Lipinski definition) is 5.